The second-order valence-electron chi connectivity index (χ2n) is 9.55. The number of aliphatic hydroxyl groups is 1. The van der Waals surface area contributed by atoms with E-state index in [4.69, 9.17) is 4.43 Å². The van der Waals surface area contributed by atoms with Gasteiger partial charge in [0, 0.05) is 12.3 Å². The van der Waals surface area contributed by atoms with E-state index in [0.717, 1.165) is 11.1 Å². The number of hydrogen-bond donors (Lipinski definition) is 1. The Kier molecular flexibility index (Phi) is 8.14. The van der Waals surface area contributed by atoms with Gasteiger partial charge in [-0.15, -0.1) is 0 Å². The standard InChI is InChI=1S/C23H36O5Si/c1-14(2)10-12-17-21(26)19(20(25)16(5)6)22(28-29(7,8)9)23(17,27)18(24)13-11-15(3)4/h10-11,16-17,27H,12-13H2,1-9H3/t17-,23+/m1/s1. The van der Waals surface area contributed by atoms with Crippen molar-refractivity contribution < 1.29 is 23.9 Å². The van der Waals surface area contributed by atoms with E-state index >= 15 is 0 Å². The van der Waals surface area contributed by atoms with E-state index in [9.17, 15) is 19.5 Å². The Morgan fingerprint density at radius 1 is 1.10 bits per heavy atom. The Bertz CT molecular complexity index is 772. The van der Waals surface area contributed by atoms with E-state index in [-0.39, 0.29) is 24.2 Å². The van der Waals surface area contributed by atoms with Crippen LogP contribution < -0.4 is 0 Å². The van der Waals surface area contributed by atoms with Crippen molar-refractivity contribution in [1.82, 2.24) is 0 Å². The Balaban J connectivity index is 3.73. The van der Waals surface area contributed by atoms with Gasteiger partial charge < -0.3 is 9.53 Å². The monoisotopic (exact) mass is 420 g/mol. The minimum Gasteiger partial charge on any atom is -0.544 e. The number of Topliss-reactive ketones (excluding diaryl/α,β-unsaturated/α-hetero) is 3. The van der Waals surface area contributed by atoms with Gasteiger partial charge >= 0.3 is 0 Å². The number of ketones is 3. The Morgan fingerprint density at radius 2 is 1.62 bits per heavy atom. The van der Waals surface area contributed by atoms with Crippen LogP contribution in [-0.2, 0) is 18.8 Å². The van der Waals surface area contributed by atoms with Gasteiger partial charge in [0.1, 0.15) is 11.3 Å². The molecule has 0 saturated heterocycles. The van der Waals surface area contributed by atoms with Gasteiger partial charge in [-0.2, -0.15) is 0 Å². The van der Waals surface area contributed by atoms with Crippen LogP contribution in [0.3, 0.4) is 0 Å². The average Bonchev–Trinajstić information content (AvgIpc) is 2.76. The molecule has 1 rings (SSSR count). The molecule has 0 aromatic rings. The van der Waals surface area contributed by atoms with Gasteiger partial charge in [0.25, 0.3) is 0 Å². The predicted molar refractivity (Wildman–Crippen MR) is 118 cm³/mol. The molecule has 0 unspecified atom stereocenters. The fraction of sp³-hybridized carbons (Fsp3) is 0.609. The second-order valence-corrected chi connectivity index (χ2v) is 14.0. The van der Waals surface area contributed by atoms with Gasteiger partial charge in [0.2, 0.25) is 8.32 Å². The average molecular weight is 421 g/mol. The third-order valence-electron chi connectivity index (χ3n) is 4.70. The molecule has 162 valence electrons. The molecule has 0 aliphatic heterocycles. The molecule has 6 heteroatoms. The first-order valence-electron chi connectivity index (χ1n) is 10.2. The van der Waals surface area contributed by atoms with Crippen LogP contribution in [0, 0.1) is 11.8 Å². The number of carbonyl (C=O) groups is 3. The molecule has 0 bridgehead atoms. The van der Waals surface area contributed by atoms with Crippen molar-refractivity contribution in [2.45, 2.75) is 79.6 Å². The van der Waals surface area contributed by atoms with Crippen LogP contribution in [0.1, 0.15) is 54.4 Å². The van der Waals surface area contributed by atoms with Crippen molar-refractivity contribution >= 4 is 25.7 Å². The zero-order valence-electron chi connectivity index (χ0n) is 19.3. The summed E-state index contributed by atoms with van der Waals surface area (Å²) < 4.78 is 6.10. The minimum absolute atomic E-state index is 0.0286. The maximum absolute atomic E-state index is 13.3. The number of hydrogen-bond acceptors (Lipinski definition) is 5. The van der Waals surface area contributed by atoms with Crippen LogP contribution in [0.2, 0.25) is 19.6 Å². The second kappa shape index (κ2) is 9.35. The van der Waals surface area contributed by atoms with Gasteiger partial charge in [0.05, 0.1) is 5.92 Å². The summed E-state index contributed by atoms with van der Waals surface area (Å²) in [5, 5.41) is 11.7. The molecule has 1 N–H and O–H groups in total. The van der Waals surface area contributed by atoms with E-state index in [0.29, 0.717) is 0 Å². The van der Waals surface area contributed by atoms with Crippen LogP contribution in [0.4, 0.5) is 0 Å². The number of allylic oxidation sites excluding steroid dienone is 5. The third kappa shape index (κ3) is 5.86. The molecule has 2 atom stereocenters. The summed E-state index contributed by atoms with van der Waals surface area (Å²) in [6.07, 6.45) is 3.68. The lowest BCUT2D eigenvalue weighted by atomic mass is 9.81. The van der Waals surface area contributed by atoms with Gasteiger partial charge in [-0.1, -0.05) is 37.1 Å². The Labute approximate surface area is 176 Å². The molecule has 0 heterocycles. The molecule has 0 fully saturated rings. The van der Waals surface area contributed by atoms with Crippen molar-refractivity contribution in [3.8, 4) is 0 Å². The molecular weight excluding hydrogens is 384 g/mol. The predicted octanol–water partition coefficient (Wildman–Crippen LogP) is 4.53. The number of carbonyl (C=O) groups excluding carboxylic acids is 3. The fourth-order valence-electron chi connectivity index (χ4n) is 3.19. The molecule has 1 aliphatic carbocycles. The quantitative estimate of drug-likeness (QED) is 0.337. The largest absolute Gasteiger partial charge is 0.544 e. The molecule has 0 spiro atoms. The summed E-state index contributed by atoms with van der Waals surface area (Å²) in [5.41, 5.74) is -0.368. The summed E-state index contributed by atoms with van der Waals surface area (Å²) in [6, 6.07) is 0. The van der Waals surface area contributed by atoms with E-state index in [2.05, 4.69) is 0 Å². The zero-order chi connectivity index (χ0) is 22.7. The lowest BCUT2D eigenvalue weighted by molar-refractivity contribution is -0.143. The summed E-state index contributed by atoms with van der Waals surface area (Å²) >= 11 is 0. The third-order valence-corrected chi connectivity index (χ3v) is 5.52. The molecule has 0 aromatic heterocycles. The van der Waals surface area contributed by atoms with Crippen molar-refractivity contribution in [3.05, 3.63) is 34.6 Å². The maximum atomic E-state index is 13.3. The molecular formula is C23H36O5Si. The van der Waals surface area contributed by atoms with Crippen molar-refractivity contribution in [2.24, 2.45) is 11.8 Å². The fourth-order valence-corrected chi connectivity index (χ4v) is 4.06. The van der Waals surface area contributed by atoms with Gasteiger partial charge in [0.15, 0.2) is 23.0 Å². The first kappa shape index (κ1) is 25.2. The zero-order valence-corrected chi connectivity index (χ0v) is 20.3. The van der Waals surface area contributed by atoms with E-state index in [1.54, 1.807) is 19.9 Å². The first-order chi connectivity index (χ1) is 13.1. The smallest absolute Gasteiger partial charge is 0.241 e. The highest BCUT2D eigenvalue weighted by Gasteiger charge is 2.59. The first-order valence-corrected chi connectivity index (χ1v) is 13.6. The highest BCUT2D eigenvalue weighted by atomic mass is 28.4. The lowest BCUT2D eigenvalue weighted by Crippen LogP contribution is -2.48. The van der Waals surface area contributed by atoms with E-state index in [1.165, 1.54) is 0 Å². The molecule has 0 aromatic carbocycles. The van der Waals surface area contributed by atoms with Crippen LogP contribution >= 0.6 is 0 Å². The van der Waals surface area contributed by atoms with Crippen molar-refractivity contribution in [3.63, 3.8) is 0 Å². The molecule has 0 radical (unpaired) electrons. The topological polar surface area (TPSA) is 80.7 Å². The number of rotatable bonds is 9. The van der Waals surface area contributed by atoms with Gasteiger partial charge in [-0.25, -0.2) is 0 Å². The van der Waals surface area contributed by atoms with Crippen molar-refractivity contribution in [1.29, 1.82) is 0 Å². The minimum atomic E-state index is -2.33. The highest BCUT2D eigenvalue weighted by Crippen LogP contribution is 2.44. The Morgan fingerprint density at radius 3 is 2.03 bits per heavy atom. The lowest BCUT2D eigenvalue weighted by Gasteiger charge is -2.33. The van der Waals surface area contributed by atoms with Crippen LogP contribution in [0.25, 0.3) is 0 Å². The maximum Gasteiger partial charge on any atom is 0.241 e. The van der Waals surface area contributed by atoms with Crippen LogP contribution in [-0.4, -0.2) is 36.4 Å². The van der Waals surface area contributed by atoms with E-state index in [1.807, 2.05) is 53.4 Å². The Hall–Kier alpha value is -1.79. The van der Waals surface area contributed by atoms with E-state index < -0.39 is 43.1 Å². The normalized spacial score (nSPS) is 22.0. The molecule has 29 heavy (non-hydrogen) atoms. The molecule has 0 amide bonds. The van der Waals surface area contributed by atoms with Gasteiger partial charge in [-0.05, 0) is 53.8 Å². The van der Waals surface area contributed by atoms with Crippen molar-refractivity contribution in [2.75, 3.05) is 0 Å². The SMILES string of the molecule is CC(C)=CCC(=O)[C@]1(O)C(O[Si](C)(C)C)=C(C(=O)C(C)C)C(=O)[C@H]1CC=C(C)C. The molecule has 5 nitrogen and oxygen atoms in total. The summed E-state index contributed by atoms with van der Waals surface area (Å²) in [6.45, 7) is 16.6. The van der Waals surface area contributed by atoms with Crippen LogP contribution in [0.5, 0.6) is 0 Å². The summed E-state index contributed by atoms with van der Waals surface area (Å²) in [5.74, 6) is -3.04. The van der Waals surface area contributed by atoms with Crippen LogP contribution in [0.15, 0.2) is 34.6 Å². The molecule has 1 aliphatic rings. The summed E-state index contributed by atoms with van der Waals surface area (Å²) in [4.78, 5) is 39.5. The highest BCUT2D eigenvalue weighted by molar-refractivity contribution is 6.70. The summed E-state index contributed by atoms with van der Waals surface area (Å²) in [7, 11) is -2.33. The van der Waals surface area contributed by atoms with Gasteiger partial charge in [-0.3, -0.25) is 14.4 Å². The molecule has 0 saturated carbocycles.